The van der Waals surface area contributed by atoms with Crippen LogP contribution in [0.2, 0.25) is 0 Å². The van der Waals surface area contributed by atoms with Crippen LogP contribution in [0.25, 0.3) is 0 Å². The molecule has 0 bridgehead atoms. The van der Waals surface area contributed by atoms with Gasteiger partial charge in [-0.25, -0.2) is 4.79 Å². The maximum absolute atomic E-state index is 10.7. The maximum Gasteiger partial charge on any atom is 0.404 e. The SMILES string of the molecule is CC(C)(C)C(NC(=O)O)[C@H]1CC[C@@H](O)C1. The van der Waals surface area contributed by atoms with Crippen molar-refractivity contribution in [1.29, 1.82) is 0 Å². The second-order valence-electron chi connectivity index (χ2n) is 5.52. The summed E-state index contributed by atoms with van der Waals surface area (Å²) in [5.41, 5.74) is -0.104. The average molecular weight is 215 g/mol. The quantitative estimate of drug-likeness (QED) is 0.658. The van der Waals surface area contributed by atoms with E-state index in [1.165, 1.54) is 0 Å². The van der Waals surface area contributed by atoms with Crippen LogP contribution in [-0.2, 0) is 0 Å². The first-order chi connectivity index (χ1) is 6.80. The number of rotatable bonds is 2. The molecule has 1 saturated carbocycles. The van der Waals surface area contributed by atoms with Crippen molar-refractivity contribution < 1.29 is 15.0 Å². The van der Waals surface area contributed by atoms with Gasteiger partial charge < -0.3 is 15.5 Å². The zero-order valence-electron chi connectivity index (χ0n) is 9.66. The van der Waals surface area contributed by atoms with Crippen molar-refractivity contribution in [2.75, 3.05) is 0 Å². The van der Waals surface area contributed by atoms with E-state index in [1.54, 1.807) is 0 Å². The lowest BCUT2D eigenvalue weighted by Crippen LogP contribution is -2.47. The molecule has 0 aliphatic heterocycles. The first-order valence-electron chi connectivity index (χ1n) is 5.48. The van der Waals surface area contributed by atoms with Crippen LogP contribution in [0, 0.1) is 11.3 Å². The Kier molecular flexibility index (Phi) is 3.60. The van der Waals surface area contributed by atoms with Crippen molar-refractivity contribution in [2.45, 2.75) is 52.2 Å². The number of carboxylic acid groups (broad SMARTS) is 1. The van der Waals surface area contributed by atoms with E-state index in [2.05, 4.69) is 5.32 Å². The third kappa shape index (κ3) is 3.38. The molecule has 0 aromatic heterocycles. The number of nitrogens with one attached hydrogen (secondary N) is 1. The van der Waals surface area contributed by atoms with Gasteiger partial charge in [0.25, 0.3) is 0 Å². The van der Waals surface area contributed by atoms with Crippen LogP contribution in [0.1, 0.15) is 40.0 Å². The van der Waals surface area contributed by atoms with Crippen LogP contribution in [0.5, 0.6) is 0 Å². The van der Waals surface area contributed by atoms with E-state index in [9.17, 15) is 9.90 Å². The molecule has 3 atom stereocenters. The molecule has 4 nitrogen and oxygen atoms in total. The molecule has 88 valence electrons. The lowest BCUT2D eigenvalue weighted by molar-refractivity contribution is 0.138. The zero-order chi connectivity index (χ0) is 11.6. The van der Waals surface area contributed by atoms with E-state index >= 15 is 0 Å². The average Bonchev–Trinajstić information content (AvgIpc) is 2.45. The molecule has 0 aromatic carbocycles. The third-order valence-corrected chi connectivity index (χ3v) is 3.13. The highest BCUT2D eigenvalue weighted by Crippen LogP contribution is 2.35. The Labute approximate surface area is 90.7 Å². The molecular weight excluding hydrogens is 194 g/mol. The first-order valence-corrected chi connectivity index (χ1v) is 5.48. The number of hydrogen-bond acceptors (Lipinski definition) is 2. The fraction of sp³-hybridized carbons (Fsp3) is 0.909. The highest BCUT2D eigenvalue weighted by molar-refractivity contribution is 5.65. The second kappa shape index (κ2) is 4.39. The Morgan fingerprint density at radius 2 is 2.00 bits per heavy atom. The van der Waals surface area contributed by atoms with Gasteiger partial charge in [0.05, 0.1) is 6.10 Å². The fourth-order valence-electron chi connectivity index (χ4n) is 2.47. The normalized spacial score (nSPS) is 28.8. The zero-order valence-corrected chi connectivity index (χ0v) is 9.66. The first kappa shape index (κ1) is 12.3. The lowest BCUT2D eigenvalue weighted by atomic mass is 9.78. The second-order valence-corrected chi connectivity index (χ2v) is 5.52. The number of hydrogen-bond donors (Lipinski definition) is 3. The predicted octanol–water partition coefficient (Wildman–Crippen LogP) is 1.83. The number of amides is 1. The summed E-state index contributed by atoms with van der Waals surface area (Å²) in [5.74, 6) is 0.260. The summed E-state index contributed by atoms with van der Waals surface area (Å²) in [4.78, 5) is 10.7. The van der Waals surface area contributed by atoms with Crippen molar-refractivity contribution in [1.82, 2.24) is 5.32 Å². The van der Waals surface area contributed by atoms with E-state index in [1.807, 2.05) is 20.8 Å². The Balaban J connectivity index is 2.68. The van der Waals surface area contributed by atoms with Gasteiger partial charge in [-0.15, -0.1) is 0 Å². The summed E-state index contributed by atoms with van der Waals surface area (Å²) < 4.78 is 0. The van der Waals surface area contributed by atoms with Gasteiger partial charge in [-0.1, -0.05) is 20.8 Å². The summed E-state index contributed by atoms with van der Waals surface area (Å²) in [6.07, 6.45) is 1.18. The molecule has 15 heavy (non-hydrogen) atoms. The van der Waals surface area contributed by atoms with Gasteiger partial charge in [0.1, 0.15) is 0 Å². The molecule has 3 N–H and O–H groups in total. The van der Waals surface area contributed by atoms with Crippen molar-refractivity contribution >= 4 is 6.09 Å². The third-order valence-electron chi connectivity index (χ3n) is 3.13. The molecule has 1 fully saturated rings. The van der Waals surface area contributed by atoms with Crippen molar-refractivity contribution in [2.24, 2.45) is 11.3 Å². The van der Waals surface area contributed by atoms with Crippen LogP contribution in [0.15, 0.2) is 0 Å². The van der Waals surface area contributed by atoms with Gasteiger partial charge in [-0.05, 0) is 30.6 Å². The smallest absolute Gasteiger partial charge is 0.404 e. The van der Waals surface area contributed by atoms with Crippen molar-refractivity contribution in [3.63, 3.8) is 0 Å². The van der Waals surface area contributed by atoms with E-state index in [4.69, 9.17) is 5.11 Å². The minimum absolute atomic E-state index is 0.0767. The molecule has 1 rings (SSSR count). The number of aliphatic hydroxyl groups excluding tert-OH is 1. The minimum Gasteiger partial charge on any atom is -0.465 e. The summed E-state index contributed by atoms with van der Waals surface area (Å²) in [5, 5.41) is 20.9. The fourth-order valence-corrected chi connectivity index (χ4v) is 2.47. The van der Waals surface area contributed by atoms with Gasteiger partial charge in [0.15, 0.2) is 0 Å². The van der Waals surface area contributed by atoms with Crippen LogP contribution >= 0.6 is 0 Å². The molecule has 0 radical (unpaired) electrons. The number of aliphatic hydroxyl groups is 1. The van der Waals surface area contributed by atoms with Gasteiger partial charge in [0.2, 0.25) is 0 Å². The van der Waals surface area contributed by atoms with Crippen LogP contribution in [-0.4, -0.2) is 28.5 Å². The van der Waals surface area contributed by atoms with E-state index in [-0.39, 0.29) is 23.5 Å². The summed E-state index contributed by atoms with van der Waals surface area (Å²) in [6.45, 7) is 6.08. The van der Waals surface area contributed by atoms with E-state index in [0.29, 0.717) is 6.42 Å². The summed E-state index contributed by atoms with van der Waals surface area (Å²) >= 11 is 0. The minimum atomic E-state index is -0.976. The van der Waals surface area contributed by atoms with Gasteiger partial charge in [-0.2, -0.15) is 0 Å². The summed E-state index contributed by atoms with van der Waals surface area (Å²) in [6, 6.07) is -0.0767. The van der Waals surface area contributed by atoms with Crippen LogP contribution in [0.4, 0.5) is 4.79 Å². The molecule has 0 aromatic rings. The Morgan fingerprint density at radius 3 is 2.33 bits per heavy atom. The van der Waals surface area contributed by atoms with E-state index in [0.717, 1.165) is 12.8 Å². The monoisotopic (exact) mass is 215 g/mol. The highest BCUT2D eigenvalue weighted by Gasteiger charge is 2.37. The maximum atomic E-state index is 10.7. The van der Waals surface area contributed by atoms with Crippen molar-refractivity contribution in [3.8, 4) is 0 Å². The van der Waals surface area contributed by atoms with E-state index < -0.39 is 6.09 Å². The molecule has 0 heterocycles. The molecule has 0 spiro atoms. The number of carbonyl (C=O) groups is 1. The highest BCUT2D eigenvalue weighted by atomic mass is 16.4. The topological polar surface area (TPSA) is 69.6 Å². The Morgan fingerprint density at radius 1 is 1.40 bits per heavy atom. The standard InChI is InChI=1S/C11H21NO3/c1-11(2,3)9(12-10(14)15)7-4-5-8(13)6-7/h7-9,12-13H,4-6H2,1-3H3,(H,14,15)/t7-,8+,9?/m0/s1. The lowest BCUT2D eigenvalue weighted by Gasteiger charge is -2.35. The van der Waals surface area contributed by atoms with Crippen molar-refractivity contribution in [3.05, 3.63) is 0 Å². The van der Waals surface area contributed by atoms with Gasteiger partial charge >= 0.3 is 6.09 Å². The van der Waals surface area contributed by atoms with Crippen LogP contribution < -0.4 is 5.32 Å². The molecule has 1 aliphatic rings. The van der Waals surface area contributed by atoms with Gasteiger partial charge in [0, 0.05) is 6.04 Å². The predicted molar refractivity (Wildman–Crippen MR) is 57.8 cm³/mol. The molecule has 1 amide bonds. The molecule has 1 unspecified atom stereocenters. The molecular formula is C11H21NO3. The van der Waals surface area contributed by atoms with Crippen LogP contribution in [0.3, 0.4) is 0 Å². The Bertz CT molecular complexity index is 234. The summed E-state index contributed by atoms with van der Waals surface area (Å²) in [7, 11) is 0. The molecule has 1 aliphatic carbocycles. The largest absolute Gasteiger partial charge is 0.465 e. The molecule has 4 heteroatoms. The molecule has 0 saturated heterocycles. The Hall–Kier alpha value is -0.770. The van der Waals surface area contributed by atoms with Gasteiger partial charge in [-0.3, -0.25) is 0 Å².